The van der Waals surface area contributed by atoms with E-state index in [1.807, 2.05) is 6.92 Å². The van der Waals surface area contributed by atoms with Crippen LogP contribution in [0.15, 0.2) is 0 Å². The van der Waals surface area contributed by atoms with Crippen molar-refractivity contribution in [3.05, 3.63) is 0 Å². The van der Waals surface area contributed by atoms with Gasteiger partial charge in [-0.2, -0.15) is 0 Å². The molecule has 0 radical (unpaired) electrons. The molecule has 3 heteroatoms. The van der Waals surface area contributed by atoms with Gasteiger partial charge in [0.25, 0.3) is 0 Å². The first-order valence-electron chi connectivity index (χ1n) is 5.62. The molecule has 3 atom stereocenters. The van der Waals surface area contributed by atoms with E-state index >= 15 is 0 Å². The van der Waals surface area contributed by atoms with Crippen LogP contribution in [0.2, 0.25) is 0 Å². The zero-order valence-corrected chi connectivity index (χ0v) is 9.07. The van der Waals surface area contributed by atoms with Crippen LogP contribution < -0.4 is 0 Å². The molecular formula is C12H17NO2. The monoisotopic (exact) mass is 207 g/mol. The molecule has 2 fully saturated rings. The predicted octanol–water partition coefficient (Wildman–Crippen LogP) is 1.34. The Morgan fingerprint density at radius 3 is 2.93 bits per heavy atom. The topological polar surface area (TPSA) is 40.5 Å². The maximum Gasteiger partial charge on any atom is 0.308 e. The number of carbonyl (C=O) groups is 1. The van der Waals surface area contributed by atoms with Crippen molar-refractivity contribution in [1.82, 2.24) is 4.90 Å². The molecule has 1 N–H and O–H groups in total. The van der Waals surface area contributed by atoms with Gasteiger partial charge in [0.15, 0.2) is 0 Å². The van der Waals surface area contributed by atoms with Crippen molar-refractivity contribution in [1.29, 1.82) is 0 Å². The van der Waals surface area contributed by atoms with Crippen LogP contribution >= 0.6 is 0 Å². The SMILES string of the molecule is CC#CCCN1C2CCC1C(C(=O)O)C2. The highest BCUT2D eigenvalue weighted by atomic mass is 16.4. The van der Waals surface area contributed by atoms with Gasteiger partial charge in [-0.05, 0) is 26.2 Å². The van der Waals surface area contributed by atoms with E-state index in [4.69, 9.17) is 5.11 Å². The minimum Gasteiger partial charge on any atom is -0.481 e. The summed E-state index contributed by atoms with van der Waals surface area (Å²) in [6, 6.07) is 0.793. The average Bonchev–Trinajstić information content (AvgIpc) is 2.75. The van der Waals surface area contributed by atoms with Crippen LogP contribution in [-0.2, 0) is 4.79 Å². The summed E-state index contributed by atoms with van der Waals surface area (Å²) >= 11 is 0. The van der Waals surface area contributed by atoms with Gasteiger partial charge in [-0.3, -0.25) is 9.69 Å². The van der Waals surface area contributed by atoms with E-state index in [-0.39, 0.29) is 12.0 Å². The lowest BCUT2D eigenvalue weighted by Crippen LogP contribution is -2.33. The molecule has 2 aliphatic heterocycles. The Bertz CT molecular complexity index is 315. The Morgan fingerprint density at radius 1 is 1.53 bits per heavy atom. The van der Waals surface area contributed by atoms with Crippen LogP contribution in [0.3, 0.4) is 0 Å². The van der Waals surface area contributed by atoms with Crippen molar-refractivity contribution in [2.24, 2.45) is 5.92 Å². The molecule has 0 spiro atoms. The molecule has 0 aliphatic carbocycles. The van der Waals surface area contributed by atoms with Gasteiger partial charge >= 0.3 is 5.97 Å². The number of aliphatic carboxylic acids is 1. The van der Waals surface area contributed by atoms with Crippen LogP contribution in [-0.4, -0.2) is 34.6 Å². The van der Waals surface area contributed by atoms with E-state index in [1.54, 1.807) is 0 Å². The fourth-order valence-corrected chi connectivity index (χ4v) is 3.03. The molecule has 2 aliphatic rings. The molecule has 0 aromatic rings. The fraction of sp³-hybridized carbons (Fsp3) is 0.750. The van der Waals surface area contributed by atoms with Crippen molar-refractivity contribution in [3.8, 4) is 11.8 Å². The third kappa shape index (κ3) is 1.87. The van der Waals surface area contributed by atoms with E-state index in [0.29, 0.717) is 6.04 Å². The molecule has 2 saturated heterocycles. The molecule has 0 aromatic carbocycles. The molecule has 0 aromatic heterocycles. The quantitative estimate of drug-likeness (QED) is 0.710. The summed E-state index contributed by atoms with van der Waals surface area (Å²) in [5.74, 6) is 5.19. The zero-order valence-electron chi connectivity index (χ0n) is 9.07. The lowest BCUT2D eigenvalue weighted by Gasteiger charge is -2.21. The lowest BCUT2D eigenvalue weighted by molar-refractivity contribution is -0.142. The molecule has 2 bridgehead atoms. The summed E-state index contributed by atoms with van der Waals surface area (Å²) in [5, 5.41) is 9.07. The Labute approximate surface area is 90.5 Å². The summed E-state index contributed by atoms with van der Waals surface area (Å²) in [4.78, 5) is 13.4. The van der Waals surface area contributed by atoms with Gasteiger partial charge in [0.1, 0.15) is 0 Å². The molecule has 2 heterocycles. The molecule has 3 nitrogen and oxygen atoms in total. The second kappa shape index (κ2) is 4.24. The normalized spacial score (nSPS) is 33.8. The Hall–Kier alpha value is -1.01. The molecular weight excluding hydrogens is 190 g/mol. The highest BCUT2D eigenvalue weighted by Gasteiger charge is 2.48. The van der Waals surface area contributed by atoms with Crippen molar-refractivity contribution in [2.45, 2.75) is 44.7 Å². The third-order valence-corrected chi connectivity index (χ3v) is 3.67. The minimum atomic E-state index is -0.617. The predicted molar refractivity (Wildman–Crippen MR) is 57.3 cm³/mol. The zero-order chi connectivity index (χ0) is 10.8. The molecule has 2 rings (SSSR count). The minimum absolute atomic E-state index is 0.127. The van der Waals surface area contributed by atoms with Gasteiger partial charge in [-0.1, -0.05) is 0 Å². The Morgan fingerprint density at radius 2 is 2.33 bits per heavy atom. The summed E-state index contributed by atoms with van der Waals surface area (Å²) < 4.78 is 0. The number of fused-ring (bicyclic) bond motifs is 2. The van der Waals surface area contributed by atoms with Crippen molar-refractivity contribution >= 4 is 5.97 Å². The van der Waals surface area contributed by atoms with E-state index < -0.39 is 5.97 Å². The molecule has 3 unspecified atom stereocenters. The van der Waals surface area contributed by atoms with E-state index in [1.165, 1.54) is 6.42 Å². The smallest absolute Gasteiger partial charge is 0.308 e. The van der Waals surface area contributed by atoms with Gasteiger partial charge < -0.3 is 5.11 Å². The average molecular weight is 207 g/mol. The third-order valence-electron chi connectivity index (χ3n) is 3.67. The first-order chi connectivity index (χ1) is 7.24. The van der Waals surface area contributed by atoms with Crippen molar-refractivity contribution in [2.75, 3.05) is 6.54 Å². The van der Waals surface area contributed by atoms with Crippen LogP contribution in [0.1, 0.15) is 32.6 Å². The summed E-state index contributed by atoms with van der Waals surface area (Å²) in [5.41, 5.74) is 0. The van der Waals surface area contributed by atoms with Crippen LogP contribution in [0.4, 0.5) is 0 Å². The highest BCUT2D eigenvalue weighted by Crippen LogP contribution is 2.41. The first-order valence-corrected chi connectivity index (χ1v) is 5.62. The molecule has 15 heavy (non-hydrogen) atoms. The maximum absolute atomic E-state index is 11.0. The molecule has 0 saturated carbocycles. The van der Waals surface area contributed by atoms with Gasteiger partial charge in [0, 0.05) is 25.0 Å². The largest absolute Gasteiger partial charge is 0.481 e. The van der Waals surface area contributed by atoms with E-state index in [2.05, 4.69) is 16.7 Å². The molecule has 0 amide bonds. The Balaban J connectivity index is 1.96. The standard InChI is InChI=1S/C12H17NO2/c1-2-3-4-7-13-9-5-6-11(13)10(8-9)12(14)15/h9-11H,4-8H2,1H3,(H,14,15). The van der Waals surface area contributed by atoms with Crippen LogP contribution in [0.25, 0.3) is 0 Å². The second-order valence-corrected chi connectivity index (χ2v) is 4.39. The number of hydrogen-bond donors (Lipinski definition) is 1. The first kappa shape index (κ1) is 10.5. The number of carboxylic acids is 1. The Kier molecular flexibility index (Phi) is 2.97. The second-order valence-electron chi connectivity index (χ2n) is 4.39. The number of carboxylic acid groups (broad SMARTS) is 1. The van der Waals surface area contributed by atoms with Gasteiger partial charge in [0.2, 0.25) is 0 Å². The van der Waals surface area contributed by atoms with Gasteiger partial charge in [-0.25, -0.2) is 0 Å². The van der Waals surface area contributed by atoms with Crippen LogP contribution in [0.5, 0.6) is 0 Å². The van der Waals surface area contributed by atoms with Crippen molar-refractivity contribution < 1.29 is 9.90 Å². The lowest BCUT2D eigenvalue weighted by atomic mass is 9.89. The summed E-state index contributed by atoms with van der Waals surface area (Å²) in [7, 11) is 0. The number of hydrogen-bond acceptors (Lipinski definition) is 2. The summed E-state index contributed by atoms with van der Waals surface area (Å²) in [6.07, 6.45) is 3.95. The summed E-state index contributed by atoms with van der Waals surface area (Å²) in [6.45, 7) is 2.79. The molecule has 82 valence electrons. The fourth-order valence-electron chi connectivity index (χ4n) is 3.03. The van der Waals surface area contributed by atoms with Crippen LogP contribution in [0, 0.1) is 17.8 Å². The van der Waals surface area contributed by atoms with Gasteiger partial charge in [0.05, 0.1) is 5.92 Å². The van der Waals surface area contributed by atoms with Crippen molar-refractivity contribution in [3.63, 3.8) is 0 Å². The number of nitrogens with zero attached hydrogens (tertiary/aromatic N) is 1. The van der Waals surface area contributed by atoms with Gasteiger partial charge in [-0.15, -0.1) is 11.8 Å². The number of rotatable bonds is 3. The maximum atomic E-state index is 11.0. The van der Waals surface area contributed by atoms with E-state index in [9.17, 15) is 4.79 Å². The van der Waals surface area contributed by atoms with E-state index in [0.717, 1.165) is 25.8 Å². The highest BCUT2D eigenvalue weighted by molar-refractivity contribution is 5.71.